The molecule has 1 aromatic carbocycles. The predicted molar refractivity (Wildman–Crippen MR) is 82.7 cm³/mol. The van der Waals surface area contributed by atoms with Crippen LogP contribution in [-0.2, 0) is 19.5 Å². The van der Waals surface area contributed by atoms with Gasteiger partial charge in [0.15, 0.2) is 0 Å². The van der Waals surface area contributed by atoms with Gasteiger partial charge in [0.05, 0.1) is 18.1 Å². The first-order chi connectivity index (χ1) is 9.97. The van der Waals surface area contributed by atoms with Crippen LogP contribution in [0.2, 0.25) is 0 Å². The predicted octanol–water partition coefficient (Wildman–Crippen LogP) is 1.30. The van der Waals surface area contributed by atoms with E-state index in [4.69, 9.17) is 15.2 Å². The summed E-state index contributed by atoms with van der Waals surface area (Å²) < 4.78 is 37.0. The quantitative estimate of drug-likeness (QED) is 0.501. The number of aryl methyl sites for hydroxylation is 1. The number of benzene rings is 1. The minimum atomic E-state index is -3.48. The lowest BCUT2D eigenvalue weighted by atomic mass is 10.2. The number of hydrogen-bond acceptors (Lipinski definition) is 5. The summed E-state index contributed by atoms with van der Waals surface area (Å²) in [4.78, 5) is 0.271. The Morgan fingerprint density at radius 1 is 1.19 bits per heavy atom. The van der Waals surface area contributed by atoms with Gasteiger partial charge in [0.1, 0.15) is 0 Å². The molecule has 1 aromatic rings. The smallest absolute Gasteiger partial charge is 0.240 e. The fourth-order valence-corrected chi connectivity index (χ4v) is 3.13. The molecule has 0 unspecified atom stereocenters. The molecule has 0 aliphatic carbocycles. The van der Waals surface area contributed by atoms with Crippen molar-refractivity contribution >= 4 is 15.7 Å². The second-order valence-electron chi connectivity index (χ2n) is 4.73. The van der Waals surface area contributed by atoms with E-state index in [9.17, 15) is 8.42 Å². The Morgan fingerprint density at radius 3 is 2.62 bits per heavy atom. The molecule has 0 amide bonds. The Kier molecular flexibility index (Phi) is 7.66. The molecule has 0 fully saturated rings. The van der Waals surface area contributed by atoms with Crippen LogP contribution in [-0.4, -0.2) is 41.9 Å². The molecule has 0 radical (unpaired) electrons. The molecule has 0 aromatic heterocycles. The lowest BCUT2D eigenvalue weighted by Gasteiger charge is -2.10. The molecule has 0 aliphatic rings. The molecule has 0 saturated heterocycles. The van der Waals surface area contributed by atoms with E-state index in [1.54, 1.807) is 26.2 Å². The van der Waals surface area contributed by atoms with E-state index in [2.05, 4.69) is 4.72 Å². The van der Waals surface area contributed by atoms with E-state index in [-0.39, 0.29) is 4.90 Å². The summed E-state index contributed by atoms with van der Waals surface area (Å²) >= 11 is 0. The zero-order valence-corrected chi connectivity index (χ0v) is 13.4. The van der Waals surface area contributed by atoms with E-state index in [0.29, 0.717) is 37.6 Å². The first-order valence-corrected chi connectivity index (χ1v) is 8.38. The number of nitrogen functional groups attached to an aromatic ring is 1. The SMILES string of the molecule is COCCOCCCCNS(=O)(=O)c1ccc(N)cc1C. The van der Waals surface area contributed by atoms with E-state index in [1.165, 1.54) is 6.07 Å². The summed E-state index contributed by atoms with van der Waals surface area (Å²) in [6, 6.07) is 4.77. The van der Waals surface area contributed by atoms with Crippen LogP contribution in [0.25, 0.3) is 0 Å². The number of anilines is 1. The summed E-state index contributed by atoms with van der Waals surface area (Å²) in [5.41, 5.74) is 6.82. The summed E-state index contributed by atoms with van der Waals surface area (Å²) in [5.74, 6) is 0. The summed E-state index contributed by atoms with van der Waals surface area (Å²) in [7, 11) is -1.85. The molecular formula is C14H24N2O4S. The number of nitrogens with one attached hydrogen (secondary N) is 1. The molecule has 0 heterocycles. The third kappa shape index (κ3) is 6.43. The maximum Gasteiger partial charge on any atom is 0.240 e. The molecule has 3 N–H and O–H groups in total. The van der Waals surface area contributed by atoms with Gasteiger partial charge in [0, 0.05) is 25.9 Å². The van der Waals surface area contributed by atoms with Crippen molar-refractivity contribution in [3.8, 4) is 0 Å². The summed E-state index contributed by atoms with van der Waals surface area (Å²) in [6.45, 7) is 3.86. The average molecular weight is 316 g/mol. The van der Waals surface area contributed by atoms with Crippen LogP contribution in [0.4, 0.5) is 5.69 Å². The molecule has 0 bridgehead atoms. The first kappa shape index (κ1) is 17.9. The van der Waals surface area contributed by atoms with E-state index in [0.717, 1.165) is 12.8 Å². The number of nitrogens with two attached hydrogens (primary N) is 1. The number of rotatable bonds is 10. The minimum Gasteiger partial charge on any atom is -0.399 e. The fourth-order valence-electron chi connectivity index (χ4n) is 1.83. The zero-order valence-electron chi connectivity index (χ0n) is 12.6. The molecule has 0 aliphatic heterocycles. The van der Waals surface area contributed by atoms with Crippen molar-refractivity contribution in [1.82, 2.24) is 4.72 Å². The molecule has 21 heavy (non-hydrogen) atoms. The van der Waals surface area contributed by atoms with Crippen LogP contribution < -0.4 is 10.5 Å². The average Bonchev–Trinajstić information content (AvgIpc) is 2.41. The van der Waals surface area contributed by atoms with Crippen molar-refractivity contribution in [2.45, 2.75) is 24.7 Å². The number of ether oxygens (including phenoxy) is 2. The lowest BCUT2D eigenvalue weighted by molar-refractivity contribution is 0.0689. The summed E-state index contributed by atoms with van der Waals surface area (Å²) in [5, 5.41) is 0. The molecule has 0 saturated carbocycles. The van der Waals surface area contributed by atoms with Crippen LogP contribution in [0.15, 0.2) is 23.1 Å². The van der Waals surface area contributed by atoms with Gasteiger partial charge >= 0.3 is 0 Å². The number of methoxy groups -OCH3 is 1. The first-order valence-electron chi connectivity index (χ1n) is 6.90. The standard InChI is InChI=1S/C14H24N2O4S/c1-12-11-13(15)5-6-14(12)21(17,18)16-7-3-4-8-20-10-9-19-2/h5-6,11,16H,3-4,7-10,15H2,1-2H3. The van der Waals surface area contributed by atoms with E-state index in [1.807, 2.05) is 0 Å². The molecule has 0 atom stereocenters. The Morgan fingerprint density at radius 2 is 1.95 bits per heavy atom. The Balaban J connectivity index is 2.33. The van der Waals surface area contributed by atoms with Gasteiger partial charge in [0.25, 0.3) is 0 Å². The van der Waals surface area contributed by atoms with Gasteiger partial charge in [-0.2, -0.15) is 0 Å². The number of sulfonamides is 1. The minimum absolute atomic E-state index is 0.271. The highest BCUT2D eigenvalue weighted by Crippen LogP contribution is 2.17. The molecule has 1 rings (SSSR count). The van der Waals surface area contributed by atoms with Crippen molar-refractivity contribution in [2.75, 3.05) is 39.2 Å². The highest BCUT2D eigenvalue weighted by Gasteiger charge is 2.15. The van der Waals surface area contributed by atoms with Crippen molar-refractivity contribution in [1.29, 1.82) is 0 Å². The van der Waals surface area contributed by atoms with Crippen LogP contribution in [0.3, 0.4) is 0 Å². The molecular weight excluding hydrogens is 292 g/mol. The number of unbranched alkanes of at least 4 members (excludes halogenated alkanes) is 1. The second kappa shape index (κ2) is 8.99. The Hall–Kier alpha value is -1.15. The molecule has 0 spiro atoms. The largest absolute Gasteiger partial charge is 0.399 e. The van der Waals surface area contributed by atoms with Gasteiger partial charge in [-0.1, -0.05) is 0 Å². The number of hydrogen-bond donors (Lipinski definition) is 2. The lowest BCUT2D eigenvalue weighted by Crippen LogP contribution is -2.25. The van der Waals surface area contributed by atoms with Crippen LogP contribution >= 0.6 is 0 Å². The third-order valence-corrected chi connectivity index (χ3v) is 4.55. The maximum absolute atomic E-state index is 12.1. The van der Waals surface area contributed by atoms with Gasteiger partial charge in [-0.15, -0.1) is 0 Å². The van der Waals surface area contributed by atoms with Crippen molar-refractivity contribution < 1.29 is 17.9 Å². The highest BCUT2D eigenvalue weighted by atomic mass is 32.2. The maximum atomic E-state index is 12.1. The van der Waals surface area contributed by atoms with Gasteiger partial charge in [-0.05, 0) is 43.5 Å². The van der Waals surface area contributed by atoms with Gasteiger partial charge < -0.3 is 15.2 Å². The van der Waals surface area contributed by atoms with Crippen LogP contribution in [0, 0.1) is 6.92 Å². The van der Waals surface area contributed by atoms with Gasteiger partial charge in [-0.25, -0.2) is 13.1 Å². The van der Waals surface area contributed by atoms with Crippen molar-refractivity contribution in [2.24, 2.45) is 0 Å². The molecule has 7 heteroatoms. The molecule has 6 nitrogen and oxygen atoms in total. The summed E-state index contributed by atoms with van der Waals surface area (Å²) in [6.07, 6.45) is 1.52. The fraction of sp³-hybridized carbons (Fsp3) is 0.571. The van der Waals surface area contributed by atoms with Crippen LogP contribution in [0.5, 0.6) is 0 Å². The Bertz CT molecular complexity index is 532. The topological polar surface area (TPSA) is 90.6 Å². The van der Waals surface area contributed by atoms with Crippen LogP contribution in [0.1, 0.15) is 18.4 Å². The zero-order chi connectivity index (χ0) is 15.7. The third-order valence-electron chi connectivity index (χ3n) is 2.93. The second-order valence-corrected chi connectivity index (χ2v) is 6.47. The molecule has 120 valence electrons. The van der Waals surface area contributed by atoms with E-state index < -0.39 is 10.0 Å². The van der Waals surface area contributed by atoms with Crippen molar-refractivity contribution in [3.63, 3.8) is 0 Å². The van der Waals surface area contributed by atoms with Gasteiger partial charge in [-0.3, -0.25) is 0 Å². The van der Waals surface area contributed by atoms with Gasteiger partial charge in [0.2, 0.25) is 10.0 Å². The normalized spacial score (nSPS) is 11.7. The highest BCUT2D eigenvalue weighted by molar-refractivity contribution is 7.89. The monoisotopic (exact) mass is 316 g/mol. The Labute approximate surface area is 126 Å². The van der Waals surface area contributed by atoms with E-state index >= 15 is 0 Å². The van der Waals surface area contributed by atoms with Crippen molar-refractivity contribution in [3.05, 3.63) is 23.8 Å².